The van der Waals surface area contributed by atoms with Crippen LogP contribution in [0.4, 0.5) is 0 Å². The fourth-order valence-electron chi connectivity index (χ4n) is 1.40. The number of nitrogens with zero attached hydrogens (tertiary/aromatic N) is 1. The van der Waals surface area contributed by atoms with Crippen molar-refractivity contribution in [2.24, 2.45) is 0 Å². The standard InChI is InChI=1S/C10H10N2O2S2/c1-13-7-5-3-4-6(8(7)14-2)9-11-12-10(15)16-9/h3-5H,1-2H3,(H,12,15). The molecule has 0 amide bonds. The molecule has 1 heterocycles. The van der Waals surface area contributed by atoms with Crippen LogP contribution in [-0.2, 0) is 0 Å². The number of benzene rings is 1. The maximum atomic E-state index is 5.32. The number of H-pyrrole nitrogens is 1. The van der Waals surface area contributed by atoms with Gasteiger partial charge >= 0.3 is 0 Å². The summed E-state index contributed by atoms with van der Waals surface area (Å²) in [6.45, 7) is 0. The molecule has 0 fully saturated rings. The fourth-order valence-corrected chi connectivity index (χ4v) is 2.31. The van der Waals surface area contributed by atoms with Gasteiger partial charge in [-0.1, -0.05) is 17.4 Å². The van der Waals surface area contributed by atoms with Gasteiger partial charge in [-0.25, -0.2) is 0 Å². The van der Waals surface area contributed by atoms with Crippen molar-refractivity contribution in [1.82, 2.24) is 10.2 Å². The molecule has 2 rings (SSSR count). The number of hydrogen-bond acceptors (Lipinski definition) is 5. The maximum Gasteiger partial charge on any atom is 0.176 e. The van der Waals surface area contributed by atoms with E-state index in [-0.39, 0.29) is 0 Å². The first-order valence-electron chi connectivity index (χ1n) is 4.53. The van der Waals surface area contributed by atoms with Crippen LogP contribution >= 0.6 is 23.6 Å². The SMILES string of the molecule is COc1cccc(-c2n[nH]c(=S)s2)c1OC. The Balaban J connectivity index is 2.60. The van der Waals surface area contributed by atoms with Gasteiger partial charge in [0.1, 0.15) is 5.01 Å². The van der Waals surface area contributed by atoms with Crippen LogP contribution in [0.15, 0.2) is 18.2 Å². The second-order valence-corrected chi connectivity index (χ2v) is 4.63. The largest absolute Gasteiger partial charge is 0.493 e. The van der Waals surface area contributed by atoms with Crippen LogP contribution in [0.2, 0.25) is 0 Å². The zero-order chi connectivity index (χ0) is 11.5. The molecule has 0 aliphatic carbocycles. The Morgan fingerprint density at radius 1 is 1.31 bits per heavy atom. The first-order chi connectivity index (χ1) is 7.76. The van der Waals surface area contributed by atoms with E-state index in [9.17, 15) is 0 Å². The third-order valence-electron chi connectivity index (χ3n) is 2.07. The highest BCUT2D eigenvalue weighted by Gasteiger charge is 2.13. The van der Waals surface area contributed by atoms with Crippen LogP contribution in [0.25, 0.3) is 10.6 Å². The number of aromatic amines is 1. The van der Waals surface area contributed by atoms with Crippen molar-refractivity contribution in [2.75, 3.05) is 14.2 Å². The van der Waals surface area contributed by atoms with E-state index in [0.717, 1.165) is 10.6 Å². The zero-order valence-corrected chi connectivity index (χ0v) is 10.4. The normalized spacial score (nSPS) is 10.1. The predicted molar refractivity (Wildman–Crippen MR) is 65.8 cm³/mol. The van der Waals surface area contributed by atoms with Gasteiger partial charge < -0.3 is 9.47 Å². The number of ether oxygens (including phenoxy) is 2. The molecule has 1 aromatic carbocycles. The molecular weight excluding hydrogens is 244 g/mol. The summed E-state index contributed by atoms with van der Waals surface area (Å²) in [7, 11) is 3.21. The second kappa shape index (κ2) is 4.63. The van der Waals surface area contributed by atoms with Crippen molar-refractivity contribution >= 4 is 23.6 Å². The van der Waals surface area contributed by atoms with Crippen molar-refractivity contribution in [3.05, 3.63) is 22.2 Å². The average Bonchev–Trinajstić information content (AvgIpc) is 2.74. The van der Waals surface area contributed by atoms with Crippen molar-refractivity contribution in [2.45, 2.75) is 0 Å². The number of rotatable bonds is 3. The molecule has 0 saturated heterocycles. The van der Waals surface area contributed by atoms with E-state index in [4.69, 9.17) is 21.7 Å². The molecule has 0 aliphatic heterocycles. The summed E-state index contributed by atoms with van der Waals surface area (Å²) in [5.41, 5.74) is 0.874. The highest BCUT2D eigenvalue weighted by molar-refractivity contribution is 7.73. The molecule has 0 saturated carbocycles. The van der Waals surface area contributed by atoms with Gasteiger partial charge in [-0.15, -0.1) is 0 Å². The third kappa shape index (κ3) is 1.94. The molecule has 16 heavy (non-hydrogen) atoms. The molecule has 0 bridgehead atoms. The van der Waals surface area contributed by atoms with E-state index in [1.54, 1.807) is 14.2 Å². The smallest absolute Gasteiger partial charge is 0.176 e. The summed E-state index contributed by atoms with van der Waals surface area (Å²) in [5, 5.41) is 7.66. The molecule has 0 aliphatic rings. The van der Waals surface area contributed by atoms with E-state index in [2.05, 4.69) is 10.2 Å². The lowest BCUT2D eigenvalue weighted by molar-refractivity contribution is 0.356. The minimum Gasteiger partial charge on any atom is -0.493 e. The van der Waals surface area contributed by atoms with Gasteiger partial charge in [-0.3, -0.25) is 5.10 Å². The Hall–Kier alpha value is -1.40. The fraction of sp³-hybridized carbons (Fsp3) is 0.200. The Kier molecular flexibility index (Phi) is 3.21. The van der Waals surface area contributed by atoms with Crippen LogP contribution in [0, 0.1) is 3.95 Å². The highest BCUT2D eigenvalue weighted by atomic mass is 32.1. The molecule has 84 valence electrons. The predicted octanol–water partition coefficient (Wildman–Crippen LogP) is 2.88. The van der Waals surface area contributed by atoms with Gasteiger partial charge in [-0.05, 0) is 24.4 Å². The average molecular weight is 254 g/mol. The Labute approximate surface area is 102 Å². The minimum atomic E-state index is 0.639. The molecule has 2 aromatic rings. The summed E-state index contributed by atoms with van der Waals surface area (Å²) in [6, 6.07) is 5.65. The van der Waals surface area contributed by atoms with Crippen molar-refractivity contribution in [1.29, 1.82) is 0 Å². The van der Waals surface area contributed by atoms with Crippen LogP contribution in [-0.4, -0.2) is 24.4 Å². The van der Waals surface area contributed by atoms with E-state index < -0.39 is 0 Å². The Morgan fingerprint density at radius 3 is 2.69 bits per heavy atom. The van der Waals surface area contributed by atoms with Crippen LogP contribution in [0.3, 0.4) is 0 Å². The van der Waals surface area contributed by atoms with E-state index >= 15 is 0 Å². The first-order valence-corrected chi connectivity index (χ1v) is 5.75. The lowest BCUT2D eigenvalue weighted by Gasteiger charge is -2.10. The monoisotopic (exact) mass is 254 g/mol. The van der Waals surface area contributed by atoms with Gasteiger partial charge in [-0.2, -0.15) is 5.10 Å². The molecule has 0 unspecified atom stereocenters. The highest BCUT2D eigenvalue weighted by Crippen LogP contribution is 2.38. The number of para-hydroxylation sites is 1. The molecule has 6 heteroatoms. The maximum absolute atomic E-state index is 5.32. The summed E-state index contributed by atoms with van der Waals surface area (Å²) in [6.07, 6.45) is 0. The van der Waals surface area contributed by atoms with E-state index in [1.807, 2.05) is 18.2 Å². The molecule has 1 aromatic heterocycles. The van der Waals surface area contributed by atoms with Gasteiger partial charge in [0.15, 0.2) is 15.5 Å². The number of nitrogens with one attached hydrogen (secondary N) is 1. The van der Waals surface area contributed by atoms with Crippen LogP contribution in [0.1, 0.15) is 0 Å². The summed E-state index contributed by atoms with van der Waals surface area (Å²) in [4.78, 5) is 0. The van der Waals surface area contributed by atoms with E-state index in [1.165, 1.54) is 11.3 Å². The van der Waals surface area contributed by atoms with Gasteiger partial charge in [0, 0.05) is 0 Å². The molecule has 0 atom stereocenters. The second-order valence-electron chi connectivity index (χ2n) is 2.96. The van der Waals surface area contributed by atoms with Crippen molar-refractivity contribution in [3.8, 4) is 22.1 Å². The first kappa shape index (κ1) is 11.1. The van der Waals surface area contributed by atoms with Crippen molar-refractivity contribution < 1.29 is 9.47 Å². The van der Waals surface area contributed by atoms with Crippen LogP contribution in [0.5, 0.6) is 11.5 Å². The lowest BCUT2D eigenvalue weighted by Crippen LogP contribution is -1.92. The quantitative estimate of drug-likeness (QED) is 0.856. The lowest BCUT2D eigenvalue weighted by atomic mass is 10.2. The topological polar surface area (TPSA) is 47.1 Å². The van der Waals surface area contributed by atoms with E-state index in [0.29, 0.717) is 15.5 Å². The number of hydrogen-bond donors (Lipinski definition) is 1. The molecule has 1 N–H and O–H groups in total. The summed E-state index contributed by atoms with van der Waals surface area (Å²) < 4.78 is 11.2. The third-order valence-corrected chi connectivity index (χ3v) is 3.19. The van der Waals surface area contributed by atoms with Crippen molar-refractivity contribution in [3.63, 3.8) is 0 Å². The Bertz CT molecular complexity index is 548. The zero-order valence-electron chi connectivity index (χ0n) is 8.81. The summed E-state index contributed by atoms with van der Waals surface area (Å²) >= 11 is 6.40. The minimum absolute atomic E-state index is 0.639. The number of aromatic nitrogens is 2. The molecule has 0 spiro atoms. The molecular formula is C10H10N2O2S2. The van der Waals surface area contributed by atoms with Crippen LogP contribution < -0.4 is 9.47 Å². The molecule has 4 nitrogen and oxygen atoms in total. The van der Waals surface area contributed by atoms with Gasteiger partial charge in [0.25, 0.3) is 0 Å². The van der Waals surface area contributed by atoms with Gasteiger partial charge in [0.05, 0.1) is 19.8 Å². The number of methoxy groups -OCH3 is 2. The molecule has 0 radical (unpaired) electrons. The Morgan fingerprint density at radius 2 is 2.12 bits per heavy atom. The van der Waals surface area contributed by atoms with Gasteiger partial charge in [0.2, 0.25) is 0 Å². The summed E-state index contributed by atoms with van der Waals surface area (Å²) in [5.74, 6) is 1.35.